The molecule has 35 heavy (non-hydrogen) atoms. The first kappa shape index (κ1) is 28.4. The second-order valence-electron chi connectivity index (χ2n) is 9.65. The number of carbonyl (C=O) groups is 2. The third kappa shape index (κ3) is 9.04. The normalized spacial score (nSPS) is 11.1. The zero-order chi connectivity index (χ0) is 25.8. The maximum absolute atomic E-state index is 12.2. The number of esters is 2. The number of para-hydroxylation sites is 1. The molecule has 0 atom stereocenters. The SMILES string of the molecule is CCCC(=O)OCc1ccc(OC(=O)CCC)c(CCCc2ccccc2N(C(C)C)C(C)C)c1. The van der Waals surface area contributed by atoms with Crippen molar-refractivity contribution in [1.29, 1.82) is 0 Å². The van der Waals surface area contributed by atoms with E-state index >= 15 is 0 Å². The first-order chi connectivity index (χ1) is 16.8. The Balaban J connectivity index is 2.18. The molecule has 0 fully saturated rings. The largest absolute Gasteiger partial charge is 0.461 e. The van der Waals surface area contributed by atoms with E-state index in [-0.39, 0.29) is 18.5 Å². The molecule has 0 unspecified atom stereocenters. The highest BCUT2D eigenvalue weighted by Gasteiger charge is 2.17. The lowest BCUT2D eigenvalue weighted by atomic mass is 9.99. The molecule has 0 N–H and O–H groups in total. The van der Waals surface area contributed by atoms with Crippen LogP contribution in [0.25, 0.3) is 0 Å². The Bertz CT molecular complexity index is 943. The molecule has 192 valence electrons. The van der Waals surface area contributed by atoms with Crippen molar-refractivity contribution >= 4 is 17.6 Å². The first-order valence-corrected chi connectivity index (χ1v) is 13.1. The molecule has 0 amide bonds. The van der Waals surface area contributed by atoms with E-state index in [4.69, 9.17) is 9.47 Å². The predicted octanol–water partition coefficient (Wildman–Crippen LogP) is 7.03. The molecular formula is C30H43NO4. The van der Waals surface area contributed by atoms with Gasteiger partial charge in [-0.05, 0) is 94.7 Å². The fraction of sp³-hybridized carbons (Fsp3) is 0.533. The minimum atomic E-state index is -0.217. The lowest BCUT2D eigenvalue weighted by molar-refractivity contribution is -0.145. The summed E-state index contributed by atoms with van der Waals surface area (Å²) in [6, 6.07) is 15.1. The summed E-state index contributed by atoms with van der Waals surface area (Å²) in [6.45, 7) is 13.1. The van der Waals surface area contributed by atoms with Gasteiger partial charge in [-0.15, -0.1) is 0 Å². The Morgan fingerprint density at radius 3 is 2.11 bits per heavy atom. The first-order valence-electron chi connectivity index (χ1n) is 13.1. The summed E-state index contributed by atoms with van der Waals surface area (Å²) in [5.74, 6) is 0.195. The lowest BCUT2D eigenvalue weighted by Gasteiger charge is -2.34. The van der Waals surface area contributed by atoms with Crippen LogP contribution in [0.2, 0.25) is 0 Å². The van der Waals surface area contributed by atoms with Gasteiger partial charge in [-0.1, -0.05) is 38.1 Å². The average Bonchev–Trinajstić information content (AvgIpc) is 2.80. The van der Waals surface area contributed by atoms with Crippen molar-refractivity contribution in [2.24, 2.45) is 0 Å². The summed E-state index contributed by atoms with van der Waals surface area (Å²) in [6.07, 6.45) is 4.93. The number of benzene rings is 2. The van der Waals surface area contributed by atoms with Gasteiger partial charge in [0.1, 0.15) is 12.4 Å². The molecule has 0 spiro atoms. The van der Waals surface area contributed by atoms with Gasteiger partial charge in [-0.3, -0.25) is 9.59 Å². The van der Waals surface area contributed by atoms with Crippen LogP contribution in [0.15, 0.2) is 42.5 Å². The van der Waals surface area contributed by atoms with Gasteiger partial charge in [0.2, 0.25) is 0 Å². The summed E-state index contributed by atoms with van der Waals surface area (Å²) in [5.41, 5.74) is 4.49. The van der Waals surface area contributed by atoms with Crippen molar-refractivity contribution < 1.29 is 19.1 Å². The number of hydrogen-bond acceptors (Lipinski definition) is 5. The van der Waals surface area contributed by atoms with Crippen LogP contribution < -0.4 is 9.64 Å². The Morgan fingerprint density at radius 1 is 0.829 bits per heavy atom. The molecule has 2 aromatic rings. The van der Waals surface area contributed by atoms with E-state index in [2.05, 4.69) is 56.9 Å². The van der Waals surface area contributed by atoms with Crippen LogP contribution >= 0.6 is 0 Å². The van der Waals surface area contributed by atoms with Crippen molar-refractivity contribution in [1.82, 2.24) is 0 Å². The summed E-state index contributed by atoms with van der Waals surface area (Å²) in [5, 5.41) is 0. The van der Waals surface area contributed by atoms with E-state index in [0.29, 0.717) is 30.7 Å². The minimum absolute atomic E-state index is 0.191. The van der Waals surface area contributed by atoms with Crippen LogP contribution in [0.3, 0.4) is 0 Å². The molecule has 2 aromatic carbocycles. The smallest absolute Gasteiger partial charge is 0.311 e. The number of carbonyl (C=O) groups excluding carboxylic acids is 2. The zero-order valence-corrected chi connectivity index (χ0v) is 22.4. The summed E-state index contributed by atoms with van der Waals surface area (Å²) in [4.78, 5) is 26.4. The molecule has 0 heterocycles. The Labute approximate surface area is 211 Å². The van der Waals surface area contributed by atoms with Crippen LogP contribution in [0, 0.1) is 0 Å². The fourth-order valence-electron chi connectivity index (χ4n) is 4.43. The van der Waals surface area contributed by atoms with Gasteiger partial charge in [0.05, 0.1) is 0 Å². The van der Waals surface area contributed by atoms with Gasteiger partial charge < -0.3 is 14.4 Å². The highest BCUT2D eigenvalue weighted by Crippen LogP contribution is 2.28. The standard InChI is InChI=1S/C30H43NO4/c1-7-12-29(32)34-21-24-18-19-28(35-30(33)13-8-2)26(20-24)16-11-15-25-14-9-10-17-27(25)31(22(3)4)23(5)6/h9-10,14,17-20,22-23H,7-8,11-13,15-16,21H2,1-6H3. The highest BCUT2D eigenvalue weighted by atomic mass is 16.5. The van der Waals surface area contributed by atoms with Crippen LogP contribution in [-0.4, -0.2) is 24.0 Å². The second-order valence-corrected chi connectivity index (χ2v) is 9.65. The molecule has 5 nitrogen and oxygen atoms in total. The summed E-state index contributed by atoms with van der Waals surface area (Å²) < 4.78 is 11.1. The van der Waals surface area contributed by atoms with E-state index in [9.17, 15) is 9.59 Å². The minimum Gasteiger partial charge on any atom is -0.461 e. The van der Waals surface area contributed by atoms with E-state index in [1.165, 1.54) is 11.3 Å². The molecule has 0 aliphatic carbocycles. The monoisotopic (exact) mass is 481 g/mol. The number of aryl methyl sites for hydroxylation is 2. The lowest BCUT2D eigenvalue weighted by Crippen LogP contribution is -2.37. The Kier molecular flexibility index (Phi) is 11.8. The van der Waals surface area contributed by atoms with Gasteiger partial charge in [0.25, 0.3) is 0 Å². The predicted molar refractivity (Wildman–Crippen MR) is 143 cm³/mol. The molecule has 5 heteroatoms. The molecule has 2 rings (SSSR count). The molecule has 0 saturated heterocycles. The Hall–Kier alpha value is -2.82. The molecule has 0 aromatic heterocycles. The van der Waals surface area contributed by atoms with Crippen molar-refractivity contribution in [3.8, 4) is 5.75 Å². The van der Waals surface area contributed by atoms with Crippen molar-refractivity contribution in [2.75, 3.05) is 4.90 Å². The molecule has 0 bridgehead atoms. The van der Waals surface area contributed by atoms with E-state index in [0.717, 1.165) is 43.2 Å². The summed E-state index contributed by atoms with van der Waals surface area (Å²) in [7, 11) is 0. The van der Waals surface area contributed by atoms with Gasteiger partial charge in [0, 0.05) is 30.6 Å². The quantitative estimate of drug-likeness (QED) is 0.214. The highest BCUT2D eigenvalue weighted by molar-refractivity contribution is 5.72. The average molecular weight is 482 g/mol. The molecule has 0 aliphatic heterocycles. The Morgan fingerprint density at radius 2 is 1.46 bits per heavy atom. The number of hydrogen-bond donors (Lipinski definition) is 0. The number of anilines is 1. The molecule has 0 saturated carbocycles. The van der Waals surface area contributed by atoms with Crippen LogP contribution in [0.1, 0.15) is 90.3 Å². The van der Waals surface area contributed by atoms with Crippen LogP contribution in [0.5, 0.6) is 5.75 Å². The number of nitrogens with zero attached hydrogens (tertiary/aromatic N) is 1. The number of ether oxygens (including phenoxy) is 2. The zero-order valence-electron chi connectivity index (χ0n) is 22.4. The van der Waals surface area contributed by atoms with Crippen LogP contribution in [-0.2, 0) is 33.8 Å². The maximum atomic E-state index is 12.2. The van der Waals surface area contributed by atoms with Crippen molar-refractivity contribution in [3.05, 3.63) is 59.2 Å². The van der Waals surface area contributed by atoms with Gasteiger partial charge in [0.15, 0.2) is 0 Å². The number of rotatable bonds is 14. The molecule has 0 radical (unpaired) electrons. The van der Waals surface area contributed by atoms with Gasteiger partial charge in [-0.2, -0.15) is 0 Å². The summed E-state index contributed by atoms with van der Waals surface area (Å²) >= 11 is 0. The van der Waals surface area contributed by atoms with Crippen molar-refractivity contribution in [2.45, 2.75) is 105 Å². The van der Waals surface area contributed by atoms with Gasteiger partial charge >= 0.3 is 11.9 Å². The maximum Gasteiger partial charge on any atom is 0.311 e. The van der Waals surface area contributed by atoms with Gasteiger partial charge in [-0.25, -0.2) is 0 Å². The van der Waals surface area contributed by atoms with Crippen molar-refractivity contribution in [3.63, 3.8) is 0 Å². The van der Waals surface area contributed by atoms with E-state index < -0.39 is 0 Å². The molecule has 0 aliphatic rings. The van der Waals surface area contributed by atoms with Crippen LogP contribution in [0.4, 0.5) is 5.69 Å². The van der Waals surface area contributed by atoms with E-state index in [1.807, 2.05) is 32.0 Å². The second kappa shape index (κ2) is 14.6. The fourth-order valence-corrected chi connectivity index (χ4v) is 4.43. The third-order valence-electron chi connectivity index (χ3n) is 5.93. The topological polar surface area (TPSA) is 55.8 Å². The molecular weight excluding hydrogens is 438 g/mol. The van der Waals surface area contributed by atoms with E-state index in [1.54, 1.807) is 0 Å². The third-order valence-corrected chi connectivity index (χ3v) is 5.93.